The maximum absolute atomic E-state index is 13.3. The van der Waals surface area contributed by atoms with Gasteiger partial charge >= 0.3 is 6.18 Å². The van der Waals surface area contributed by atoms with Crippen LogP contribution >= 0.6 is 0 Å². The number of hydrogen-bond acceptors (Lipinski definition) is 3. The number of aliphatic hydroxyl groups is 1. The molecule has 0 radical (unpaired) electrons. The van der Waals surface area contributed by atoms with E-state index in [1.54, 1.807) is 30.3 Å². The lowest BCUT2D eigenvalue weighted by atomic mass is 9.86. The second kappa shape index (κ2) is 7.64. The Kier molecular flexibility index (Phi) is 6.06. The minimum atomic E-state index is -4.44. The van der Waals surface area contributed by atoms with Crippen LogP contribution in [0, 0.1) is 5.92 Å². The lowest BCUT2D eigenvalue weighted by Crippen LogP contribution is -2.37. The van der Waals surface area contributed by atoms with Crippen LogP contribution in [0.2, 0.25) is 0 Å². The van der Waals surface area contributed by atoms with Gasteiger partial charge in [-0.1, -0.05) is 30.3 Å². The van der Waals surface area contributed by atoms with Crippen LogP contribution in [-0.2, 0) is 15.1 Å². The molecule has 130 valence electrons. The summed E-state index contributed by atoms with van der Waals surface area (Å²) in [5.41, 5.74) is -1.11. The second-order valence-corrected chi connectivity index (χ2v) is 6.21. The summed E-state index contributed by atoms with van der Waals surface area (Å²) >= 11 is 0. The number of benzene rings is 1. The minimum Gasteiger partial charge on any atom is -0.385 e. The van der Waals surface area contributed by atoms with E-state index in [-0.39, 0.29) is 0 Å². The fourth-order valence-corrected chi connectivity index (χ4v) is 2.73. The van der Waals surface area contributed by atoms with Crippen LogP contribution in [0.4, 0.5) is 13.2 Å². The highest BCUT2D eigenvalue weighted by Crippen LogP contribution is 2.37. The first-order valence-corrected chi connectivity index (χ1v) is 7.87. The van der Waals surface area contributed by atoms with E-state index in [1.165, 1.54) is 6.92 Å². The van der Waals surface area contributed by atoms with Crippen molar-refractivity contribution in [1.29, 1.82) is 0 Å². The van der Waals surface area contributed by atoms with Gasteiger partial charge in [0.25, 0.3) is 0 Å². The van der Waals surface area contributed by atoms with Crippen molar-refractivity contribution in [3.8, 4) is 0 Å². The van der Waals surface area contributed by atoms with Crippen LogP contribution in [0.25, 0.3) is 0 Å². The van der Waals surface area contributed by atoms with Crippen molar-refractivity contribution in [3.05, 3.63) is 35.9 Å². The van der Waals surface area contributed by atoms with Gasteiger partial charge in [-0.05, 0) is 38.2 Å². The highest BCUT2D eigenvalue weighted by molar-refractivity contribution is 5.21. The van der Waals surface area contributed by atoms with Crippen molar-refractivity contribution in [1.82, 2.24) is 0 Å². The molecular formula is C17H23F3O3. The first kappa shape index (κ1) is 18.2. The molecule has 1 aliphatic heterocycles. The van der Waals surface area contributed by atoms with Gasteiger partial charge in [-0.3, -0.25) is 0 Å². The van der Waals surface area contributed by atoms with Gasteiger partial charge in [-0.15, -0.1) is 0 Å². The third-order valence-corrected chi connectivity index (χ3v) is 4.12. The molecule has 23 heavy (non-hydrogen) atoms. The molecule has 1 saturated heterocycles. The van der Waals surface area contributed by atoms with E-state index in [0.717, 1.165) is 12.8 Å². The SMILES string of the molecule is CC(O)(CC(COC1CCCCO1)C(F)(F)F)c1ccccc1. The fraction of sp³-hybridized carbons (Fsp3) is 0.647. The number of ether oxygens (including phenoxy) is 2. The molecule has 3 atom stereocenters. The average Bonchev–Trinajstić information content (AvgIpc) is 2.52. The third-order valence-electron chi connectivity index (χ3n) is 4.12. The molecule has 1 aliphatic rings. The first-order valence-electron chi connectivity index (χ1n) is 7.87. The molecule has 0 aliphatic carbocycles. The van der Waals surface area contributed by atoms with Crippen molar-refractivity contribution in [2.24, 2.45) is 5.92 Å². The van der Waals surface area contributed by atoms with Crippen molar-refractivity contribution in [2.45, 2.75) is 50.7 Å². The Morgan fingerprint density at radius 3 is 2.52 bits per heavy atom. The summed E-state index contributed by atoms with van der Waals surface area (Å²) in [5, 5.41) is 10.5. The molecule has 0 spiro atoms. The summed E-state index contributed by atoms with van der Waals surface area (Å²) in [7, 11) is 0. The molecule has 3 unspecified atom stereocenters. The van der Waals surface area contributed by atoms with Crippen molar-refractivity contribution in [3.63, 3.8) is 0 Å². The lowest BCUT2D eigenvalue weighted by molar-refractivity contribution is -0.231. The van der Waals surface area contributed by atoms with Crippen LogP contribution < -0.4 is 0 Å². The molecule has 0 aromatic heterocycles. The molecule has 0 saturated carbocycles. The predicted octanol–water partition coefficient (Wildman–Crippen LogP) is 4.01. The summed E-state index contributed by atoms with van der Waals surface area (Å²) in [6, 6.07) is 8.39. The van der Waals surface area contributed by atoms with Gasteiger partial charge in [0.05, 0.1) is 18.1 Å². The number of hydrogen-bond donors (Lipinski definition) is 1. The van der Waals surface area contributed by atoms with Gasteiger partial charge in [-0.2, -0.15) is 13.2 Å². The Labute approximate surface area is 134 Å². The van der Waals surface area contributed by atoms with Crippen LogP contribution in [0.1, 0.15) is 38.2 Å². The molecule has 3 nitrogen and oxygen atoms in total. The van der Waals surface area contributed by atoms with E-state index in [0.29, 0.717) is 18.6 Å². The largest absolute Gasteiger partial charge is 0.394 e. The first-order chi connectivity index (χ1) is 10.8. The Hall–Kier alpha value is -1.11. The fourth-order valence-electron chi connectivity index (χ4n) is 2.73. The van der Waals surface area contributed by atoms with Gasteiger partial charge < -0.3 is 14.6 Å². The Balaban J connectivity index is 2.00. The summed E-state index contributed by atoms with van der Waals surface area (Å²) in [6.07, 6.45) is -3.05. The minimum absolute atomic E-state index is 0.451. The van der Waals surface area contributed by atoms with E-state index in [9.17, 15) is 18.3 Å². The van der Waals surface area contributed by atoms with Crippen molar-refractivity contribution < 1.29 is 27.8 Å². The number of halogens is 3. The van der Waals surface area contributed by atoms with Crippen molar-refractivity contribution in [2.75, 3.05) is 13.2 Å². The molecule has 1 aromatic carbocycles. The van der Waals surface area contributed by atoms with Gasteiger partial charge in [0.15, 0.2) is 6.29 Å². The molecular weight excluding hydrogens is 309 g/mol. The zero-order valence-electron chi connectivity index (χ0n) is 13.2. The quantitative estimate of drug-likeness (QED) is 0.855. The normalized spacial score (nSPS) is 23.3. The maximum Gasteiger partial charge on any atom is 0.394 e. The van der Waals surface area contributed by atoms with Gasteiger partial charge in [0.1, 0.15) is 0 Å². The van der Waals surface area contributed by atoms with E-state index in [4.69, 9.17) is 9.47 Å². The van der Waals surface area contributed by atoms with Crippen LogP contribution in [0.3, 0.4) is 0 Å². The molecule has 1 aromatic rings. The number of alkyl halides is 3. The van der Waals surface area contributed by atoms with Crippen LogP contribution in [-0.4, -0.2) is 30.8 Å². The van der Waals surface area contributed by atoms with Crippen LogP contribution in [0.5, 0.6) is 0 Å². The van der Waals surface area contributed by atoms with E-state index in [1.807, 2.05) is 0 Å². The monoisotopic (exact) mass is 332 g/mol. The molecule has 2 rings (SSSR count). The number of rotatable bonds is 6. The summed E-state index contributed by atoms with van der Waals surface area (Å²) < 4.78 is 50.5. The molecule has 0 amide bonds. The van der Waals surface area contributed by atoms with E-state index >= 15 is 0 Å². The third kappa shape index (κ3) is 5.48. The maximum atomic E-state index is 13.3. The molecule has 1 N–H and O–H groups in total. The zero-order chi connectivity index (χ0) is 16.9. The molecule has 1 heterocycles. The summed E-state index contributed by atoms with van der Waals surface area (Å²) in [6.45, 7) is 1.42. The molecule has 1 fully saturated rings. The zero-order valence-corrected chi connectivity index (χ0v) is 13.2. The van der Waals surface area contributed by atoms with Gasteiger partial charge in [0, 0.05) is 6.61 Å². The Morgan fingerprint density at radius 1 is 1.26 bits per heavy atom. The summed E-state index contributed by atoms with van der Waals surface area (Å²) in [4.78, 5) is 0. The second-order valence-electron chi connectivity index (χ2n) is 6.21. The average molecular weight is 332 g/mol. The molecule has 0 bridgehead atoms. The van der Waals surface area contributed by atoms with Gasteiger partial charge in [-0.25, -0.2) is 0 Å². The lowest BCUT2D eigenvalue weighted by Gasteiger charge is -2.31. The van der Waals surface area contributed by atoms with Crippen molar-refractivity contribution >= 4 is 0 Å². The predicted molar refractivity (Wildman–Crippen MR) is 79.7 cm³/mol. The Bertz CT molecular complexity index is 468. The van der Waals surface area contributed by atoms with E-state index < -0.39 is 37.0 Å². The smallest absolute Gasteiger partial charge is 0.385 e. The molecule has 6 heteroatoms. The van der Waals surface area contributed by atoms with Crippen LogP contribution in [0.15, 0.2) is 30.3 Å². The highest BCUT2D eigenvalue weighted by Gasteiger charge is 2.44. The van der Waals surface area contributed by atoms with Gasteiger partial charge in [0.2, 0.25) is 0 Å². The standard InChI is InChI=1S/C17H23F3O3/c1-16(21,13-7-3-2-4-8-13)11-14(17(18,19)20)12-23-15-9-5-6-10-22-15/h2-4,7-8,14-15,21H,5-6,9-12H2,1H3. The topological polar surface area (TPSA) is 38.7 Å². The van der Waals surface area contributed by atoms with E-state index in [2.05, 4.69) is 0 Å². The Morgan fingerprint density at radius 2 is 1.96 bits per heavy atom. The summed E-state index contributed by atoms with van der Waals surface area (Å²) in [5.74, 6) is -1.75. The highest BCUT2D eigenvalue weighted by atomic mass is 19.4.